The summed E-state index contributed by atoms with van der Waals surface area (Å²) in [5.74, 6) is 1.72. The van der Waals surface area contributed by atoms with E-state index in [0.717, 1.165) is 51.8 Å². The van der Waals surface area contributed by atoms with Crippen LogP contribution >= 0.6 is 0 Å². The van der Waals surface area contributed by atoms with Gasteiger partial charge in [0.15, 0.2) is 0 Å². The molecule has 0 fully saturated rings. The molecule has 0 aliphatic rings. The minimum absolute atomic E-state index is 0.141. The standard InChI is InChI=1S/C34H33N3O2/c1-34(2,3)27-13-17-29(18-14-27)39-22-8-21-38-28-15-11-25(12-16-28)26-23-32(30-9-4-6-19-35-30)37-33(24-26)31-10-5-7-20-36-31/h4-7,9-20,23-24H,8,21-22H2,1-3H3. The van der Waals surface area contributed by atoms with Crippen molar-refractivity contribution < 1.29 is 9.47 Å². The van der Waals surface area contributed by atoms with Gasteiger partial charge in [0.2, 0.25) is 0 Å². The predicted molar refractivity (Wildman–Crippen MR) is 157 cm³/mol. The van der Waals surface area contributed by atoms with Crippen molar-refractivity contribution in [2.75, 3.05) is 13.2 Å². The zero-order valence-corrected chi connectivity index (χ0v) is 22.7. The fraction of sp³-hybridized carbons (Fsp3) is 0.206. The van der Waals surface area contributed by atoms with E-state index in [-0.39, 0.29) is 5.41 Å². The number of pyridine rings is 3. The van der Waals surface area contributed by atoms with Crippen LogP contribution in [0.15, 0.2) is 109 Å². The lowest BCUT2D eigenvalue weighted by Crippen LogP contribution is -2.10. The van der Waals surface area contributed by atoms with Gasteiger partial charge in [-0.2, -0.15) is 0 Å². The van der Waals surface area contributed by atoms with Crippen LogP contribution in [0.2, 0.25) is 0 Å². The van der Waals surface area contributed by atoms with E-state index in [1.807, 2.05) is 60.7 Å². The summed E-state index contributed by atoms with van der Waals surface area (Å²) in [6.07, 6.45) is 4.36. The summed E-state index contributed by atoms with van der Waals surface area (Å²) in [5, 5.41) is 0. The van der Waals surface area contributed by atoms with Gasteiger partial charge in [0.05, 0.1) is 36.0 Å². The summed E-state index contributed by atoms with van der Waals surface area (Å²) in [6.45, 7) is 7.83. The molecule has 5 rings (SSSR count). The van der Waals surface area contributed by atoms with Crippen molar-refractivity contribution in [2.45, 2.75) is 32.6 Å². The molecule has 3 aromatic heterocycles. The Morgan fingerprint density at radius 2 is 1.08 bits per heavy atom. The Balaban J connectivity index is 1.22. The number of hydrogen-bond acceptors (Lipinski definition) is 5. The zero-order chi connectivity index (χ0) is 27.1. The molecule has 3 heterocycles. The number of ether oxygens (including phenoxy) is 2. The van der Waals surface area contributed by atoms with Crippen molar-refractivity contribution in [3.8, 4) is 45.4 Å². The average molecular weight is 516 g/mol. The van der Waals surface area contributed by atoms with Crippen LogP contribution < -0.4 is 9.47 Å². The molecule has 0 aliphatic carbocycles. The Kier molecular flexibility index (Phi) is 7.97. The lowest BCUT2D eigenvalue weighted by Gasteiger charge is -2.19. The van der Waals surface area contributed by atoms with Gasteiger partial charge in [-0.15, -0.1) is 0 Å². The molecule has 0 atom stereocenters. The summed E-state index contributed by atoms with van der Waals surface area (Å²) in [6, 6.07) is 32.3. The molecule has 196 valence electrons. The van der Waals surface area contributed by atoms with Crippen LogP contribution in [0, 0.1) is 0 Å². The molecule has 0 saturated carbocycles. The number of nitrogens with zero attached hydrogens (tertiary/aromatic N) is 3. The molecule has 5 aromatic rings. The van der Waals surface area contributed by atoms with E-state index in [1.54, 1.807) is 12.4 Å². The molecule has 0 spiro atoms. The highest BCUT2D eigenvalue weighted by molar-refractivity contribution is 5.74. The van der Waals surface area contributed by atoms with Crippen molar-refractivity contribution in [1.29, 1.82) is 0 Å². The quantitative estimate of drug-likeness (QED) is 0.186. The first kappa shape index (κ1) is 26.1. The second-order valence-corrected chi connectivity index (χ2v) is 10.4. The summed E-state index contributed by atoms with van der Waals surface area (Å²) < 4.78 is 11.9. The SMILES string of the molecule is CC(C)(C)c1ccc(OCCCOc2ccc(-c3cc(-c4ccccn4)nc(-c4ccccn4)c3)cc2)cc1. The first-order valence-electron chi connectivity index (χ1n) is 13.3. The van der Waals surface area contributed by atoms with Gasteiger partial charge in [0, 0.05) is 18.8 Å². The smallest absolute Gasteiger partial charge is 0.119 e. The molecule has 5 heteroatoms. The third-order valence-corrected chi connectivity index (χ3v) is 6.41. The van der Waals surface area contributed by atoms with Gasteiger partial charge in [-0.05, 0) is 82.8 Å². The van der Waals surface area contributed by atoms with Gasteiger partial charge in [-0.1, -0.05) is 57.2 Å². The van der Waals surface area contributed by atoms with E-state index in [1.165, 1.54) is 5.56 Å². The fourth-order valence-electron chi connectivity index (χ4n) is 4.22. The molecule has 5 nitrogen and oxygen atoms in total. The van der Waals surface area contributed by atoms with Crippen LogP contribution in [0.4, 0.5) is 0 Å². The molecule has 0 aliphatic heterocycles. The third-order valence-electron chi connectivity index (χ3n) is 6.41. The molecule has 39 heavy (non-hydrogen) atoms. The number of benzene rings is 2. The Morgan fingerprint density at radius 3 is 1.54 bits per heavy atom. The van der Waals surface area contributed by atoms with E-state index in [0.29, 0.717) is 13.2 Å². The summed E-state index contributed by atoms with van der Waals surface area (Å²) in [5.41, 5.74) is 6.82. The third kappa shape index (κ3) is 6.88. The molecule has 2 aromatic carbocycles. The maximum atomic E-state index is 5.97. The highest BCUT2D eigenvalue weighted by Gasteiger charge is 2.13. The molecule has 0 unspecified atom stereocenters. The van der Waals surface area contributed by atoms with E-state index in [9.17, 15) is 0 Å². The summed E-state index contributed by atoms with van der Waals surface area (Å²) in [4.78, 5) is 13.9. The van der Waals surface area contributed by atoms with E-state index >= 15 is 0 Å². The average Bonchev–Trinajstić information content (AvgIpc) is 2.98. The van der Waals surface area contributed by atoms with Crippen molar-refractivity contribution in [3.05, 3.63) is 115 Å². The van der Waals surface area contributed by atoms with Crippen LogP contribution in [-0.4, -0.2) is 28.2 Å². The Bertz CT molecular complexity index is 1420. The van der Waals surface area contributed by atoms with Gasteiger partial charge in [0.25, 0.3) is 0 Å². The van der Waals surface area contributed by atoms with Crippen molar-refractivity contribution in [3.63, 3.8) is 0 Å². The van der Waals surface area contributed by atoms with Crippen LogP contribution in [0.1, 0.15) is 32.8 Å². The van der Waals surface area contributed by atoms with E-state index < -0.39 is 0 Å². The van der Waals surface area contributed by atoms with Gasteiger partial charge in [-0.25, -0.2) is 4.98 Å². The second kappa shape index (κ2) is 11.9. The maximum Gasteiger partial charge on any atom is 0.119 e. The first-order chi connectivity index (χ1) is 19.0. The van der Waals surface area contributed by atoms with Crippen LogP contribution in [0.3, 0.4) is 0 Å². The molecule has 0 bridgehead atoms. The van der Waals surface area contributed by atoms with Gasteiger partial charge < -0.3 is 9.47 Å². The van der Waals surface area contributed by atoms with Crippen LogP contribution in [0.25, 0.3) is 33.9 Å². The number of hydrogen-bond donors (Lipinski definition) is 0. The monoisotopic (exact) mass is 515 g/mol. The van der Waals surface area contributed by atoms with Crippen LogP contribution in [0.5, 0.6) is 11.5 Å². The van der Waals surface area contributed by atoms with E-state index in [2.05, 4.69) is 67.1 Å². The molecule has 0 radical (unpaired) electrons. The fourth-order valence-corrected chi connectivity index (χ4v) is 4.22. The zero-order valence-electron chi connectivity index (χ0n) is 22.7. The van der Waals surface area contributed by atoms with Crippen molar-refractivity contribution >= 4 is 0 Å². The molecular formula is C34H33N3O2. The minimum atomic E-state index is 0.141. The first-order valence-corrected chi connectivity index (χ1v) is 13.3. The molecule has 0 amide bonds. The minimum Gasteiger partial charge on any atom is -0.493 e. The predicted octanol–water partition coefficient (Wildman–Crippen LogP) is 8.02. The summed E-state index contributed by atoms with van der Waals surface area (Å²) >= 11 is 0. The molecule has 0 N–H and O–H groups in total. The van der Waals surface area contributed by atoms with Gasteiger partial charge in [-0.3, -0.25) is 9.97 Å². The van der Waals surface area contributed by atoms with Crippen molar-refractivity contribution in [2.24, 2.45) is 0 Å². The lowest BCUT2D eigenvalue weighted by molar-refractivity contribution is 0.247. The highest BCUT2D eigenvalue weighted by atomic mass is 16.5. The molecular weight excluding hydrogens is 482 g/mol. The largest absolute Gasteiger partial charge is 0.493 e. The Morgan fingerprint density at radius 1 is 0.564 bits per heavy atom. The van der Waals surface area contributed by atoms with Gasteiger partial charge >= 0.3 is 0 Å². The Labute approximate surface area is 230 Å². The number of aromatic nitrogens is 3. The normalized spacial score (nSPS) is 11.3. The topological polar surface area (TPSA) is 57.1 Å². The van der Waals surface area contributed by atoms with Crippen molar-refractivity contribution in [1.82, 2.24) is 15.0 Å². The van der Waals surface area contributed by atoms with Gasteiger partial charge in [0.1, 0.15) is 11.5 Å². The Hall–Kier alpha value is -4.51. The van der Waals surface area contributed by atoms with Crippen LogP contribution in [-0.2, 0) is 5.41 Å². The maximum absolute atomic E-state index is 5.97. The van der Waals surface area contributed by atoms with E-state index in [4.69, 9.17) is 14.5 Å². The number of rotatable bonds is 9. The lowest BCUT2D eigenvalue weighted by atomic mass is 9.87. The molecule has 0 saturated heterocycles. The second-order valence-electron chi connectivity index (χ2n) is 10.4. The highest BCUT2D eigenvalue weighted by Crippen LogP contribution is 2.30. The summed E-state index contributed by atoms with van der Waals surface area (Å²) in [7, 11) is 0.